The molecule has 4 heteroatoms. The van der Waals surface area contributed by atoms with E-state index in [0.717, 1.165) is 24.6 Å². The van der Waals surface area contributed by atoms with Gasteiger partial charge in [0.1, 0.15) is 5.82 Å². The van der Waals surface area contributed by atoms with E-state index in [-0.39, 0.29) is 0 Å². The number of hydrogen-bond donors (Lipinski definition) is 1. The van der Waals surface area contributed by atoms with Crippen LogP contribution in [0.2, 0.25) is 0 Å². The van der Waals surface area contributed by atoms with Crippen molar-refractivity contribution in [2.75, 3.05) is 44.9 Å². The van der Waals surface area contributed by atoms with Crippen LogP contribution in [0.4, 0.5) is 11.5 Å². The number of nitrogen functional groups attached to an aromatic ring is 1. The summed E-state index contributed by atoms with van der Waals surface area (Å²) in [4.78, 5) is 8.48. The van der Waals surface area contributed by atoms with Gasteiger partial charge in [-0.1, -0.05) is 0 Å². The minimum Gasteiger partial charge on any atom is -0.399 e. The summed E-state index contributed by atoms with van der Waals surface area (Å²) in [6.07, 6.45) is 1.73. The van der Waals surface area contributed by atoms with Crippen LogP contribution in [-0.2, 0) is 0 Å². The quantitative estimate of drug-likeness (QED) is 0.765. The maximum Gasteiger partial charge on any atom is 0.130 e. The molecule has 0 atom stereocenters. The topological polar surface area (TPSA) is 45.4 Å². The van der Waals surface area contributed by atoms with Gasteiger partial charge in [-0.25, -0.2) is 4.98 Å². The van der Waals surface area contributed by atoms with Crippen LogP contribution in [0.5, 0.6) is 0 Å². The van der Waals surface area contributed by atoms with E-state index in [4.69, 9.17) is 5.73 Å². The molecule has 0 fully saturated rings. The number of aromatic nitrogens is 1. The van der Waals surface area contributed by atoms with Crippen molar-refractivity contribution in [1.29, 1.82) is 0 Å². The molecule has 1 aromatic heterocycles. The normalized spacial score (nSPS) is 10.6. The Labute approximate surface area is 85.3 Å². The second-order valence-corrected chi connectivity index (χ2v) is 3.67. The van der Waals surface area contributed by atoms with E-state index in [2.05, 4.69) is 28.9 Å². The zero-order valence-corrected chi connectivity index (χ0v) is 9.07. The van der Waals surface area contributed by atoms with Crippen LogP contribution >= 0.6 is 0 Å². The Morgan fingerprint density at radius 2 is 2.00 bits per heavy atom. The van der Waals surface area contributed by atoms with E-state index in [1.165, 1.54) is 0 Å². The van der Waals surface area contributed by atoms with Crippen molar-refractivity contribution in [2.24, 2.45) is 0 Å². The fraction of sp³-hybridized carbons (Fsp3) is 0.500. The van der Waals surface area contributed by atoms with E-state index in [0.29, 0.717) is 0 Å². The molecular weight excluding hydrogens is 176 g/mol. The van der Waals surface area contributed by atoms with E-state index in [1.807, 2.05) is 13.1 Å². The van der Waals surface area contributed by atoms with Crippen LogP contribution < -0.4 is 10.6 Å². The Bertz CT molecular complexity index is 285. The zero-order chi connectivity index (χ0) is 10.6. The lowest BCUT2D eigenvalue weighted by molar-refractivity contribution is 0.416. The summed E-state index contributed by atoms with van der Waals surface area (Å²) in [6.45, 7) is 1.95. The first kappa shape index (κ1) is 10.8. The minimum atomic E-state index is 0.756. The lowest BCUT2D eigenvalue weighted by atomic mass is 10.4. The number of pyridine rings is 1. The van der Waals surface area contributed by atoms with Crippen molar-refractivity contribution in [2.45, 2.75) is 0 Å². The predicted molar refractivity (Wildman–Crippen MR) is 60.5 cm³/mol. The van der Waals surface area contributed by atoms with E-state index in [1.54, 1.807) is 12.3 Å². The summed E-state index contributed by atoms with van der Waals surface area (Å²) in [6, 6.07) is 3.68. The summed E-state index contributed by atoms with van der Waals surface area (Å²) in [7, 11) is 6.13. The number of likely N-dealkylation sites (N-methyl/N-ethyl adjacent to an activating group) is 2. The highest BCUT2D eigenvalue weighted by Crippen LogP contribution is 2.11. The van der Waals surface area contributed by atoms with Crippen molar-refractivity contribution in [3.8, 4) is 0 Å². The average molecular weight is 194 g/mol. The Morgan fingerprint density at radius 3 is 2.57 bits per heavy atom. The molecule has 0 spiro atoms. The SMILES string of the molecule is CN(C)CCN(C)c1cc(N)ccn1. The molecule has 0 saturated carbocycles. The molecule has 2 N–H and O–H groups in total. The summed E-state index contributed by atoms with van der Waals surface area (Å²) in [5, 5.41) is 0. The predicted octanol–water partition coefficient (Wildman–Crippen LogP) is 0.662. The Kier molecular flexibility index (Phi) is 3.71. The van der Waals surface area contributed by atoms with Gasteiger partial charge in [0.2, 0.25) is 0 Å². The van der Waals surface area contributed by atoms with Crippen molar-refractivity contribution in [1.82, 2.24) is 9.88 Å². The van der Waals surface area contributed by atoms with E-state index >= 15 is 0 Å². The maximum absolute atomic E-state index is 5.68. The molecule has 0 aliphatic heterocycles. The highest BCUT2D eigenvalue weighted by Gasteiger charge is 2.02. The Balaban J connectivity index is 2.56. The fourth-order valence-electron chi connectivity index (χ4n) is 1.11. The molecule has 1 heterocycles. The summed E-state index contributed by atoms with van der Waals surface area (Å²) >= 11 is 0. The van der Waals surface area contributed by atoms with Gasteiger partial charge in [-0.05, 0) is 20.2 Å². The standard InChI is InChI=1S/C10H18N4/c1-13(2)6-7-14(3)10-8-9(11)4-5-12-10/h4-5,8H,6-7H2,1-3H3,(H2,11,12). The summed E-state index contributed by atoms with van der Waals surface area (Å²) < 4.78 is 0. The van der Waals surface area contributed by atoms with Crippen LogP contribution in [0.15, 0.2) is 18.3 Å². The lowest BCUT2D eigenvalue weighted by Gasteiger charge is -2.20. The summed E-state index contributed by atoms with van der Waals surface area (Å²) in [5.41, 5.74) is 6.43. The third-order valence-corrected chi connectivity index (χ3v) is 2.04. The largest absolute Gasteiger partial charge is 0.399 e. The molecule has 0 amide bonds. The molecule has 78 valence electrons. The van der Waals surface area contributed by atoms with E-state index < -0.39 is 0 Å². The molecule has 0 radical (unpaired) electrons. The number of hydrogen-bond acceptors (Lipinski definition) is 4. The monoisotopic (exact) mass is 194 g/mol. The lowest BCUT2D eigenvalue weighted by Crippen LogP contribution is -2.28. The molecule has 1 aromatic rings. The highest BCUT2D eigenvalue weighted by molar-refractivity contribution is 5.49. The van der Waals surface area contributed by atoms with Gasteiger partial charge in [-0.3, -0.25) is 0 Å². The molecular formula is C10H18N4. The molecule has 0 aliphatic rings. The minimum absolute atomic E-state index is 0.756. The first-order valence-electron chi connectivity index (χ1n) is 4.67. The number of nitrogens with two attached hydrogens (primary N) is 1. The Hall–Kier alpha value is -1.29. The zero-order valence-electron chi connectivity index (χ0n) is 9.07. The highest BCUT2D eigenvalue weighted by atomic mass is 15.2. The molecule has 0 aromatic carbocycles. The van der Waals surface area contributed by atoms with Gasteiger partial charge < -0.3 is 15.5 Å². The maximum atomic E-state index is 5.68. The molecule has 14 heavy (non-hydrogen) atoms. The second-order valence-electron chi connectivity index (χ2n) is 3.67. The van der Waals surface area contributed by atoms with Crippen molar-refractivity contribution >= 4 is 11.5 Å². The average Bonchev–Trinajstić information content (AvgIpc) is 2.14. The van der Waals surface area contributed by atoms with Crippen molar-refractivity contribution in [3.05, 3.63) is 18.3 Å². The molecule has 0 unspecified atom stereocenters. The second kappa shape index (κ2) is 4.81. The van der Waals surface area contributed by atoms with Gasteiger partial charge in [-0.15, -0.1) is 0 Å². The first-order chi connectivity index (χ1) is 6.59. The third-order valence-electron chi connectivity index (χ3n) is 2.04. The van der Waals surface area contributed by atoms with Gasteiger partial charge in [0, 0.05) is 38.1 Å². The molecule has 0 saturated heterocycles. The number of anilines is 2. The molecule has 0 aliphatic carbocycles. The number of nitrogens with zero attached hydrogens (tertiary/aromatic N) is 3. The van der Waals surface area contributed by atoms with Gasteiger partial charge in [0.15, 0.2) is 0 Å². The summed E-state index contributed by atoms with van der Waals surface area (Å²) in [5.74, 6) is 0.923. The van der Waals surface area contributed by atoms with Gasteiger partial charge in [0.25, 0.3) is 0 Å². The molecule has 1 rings (SSSR count). The van der Waals surface area contributed by atoms with Crippen molar-refractivity contribution in [3.63, 3.8) is 0 Å². The van der Waals surface area contributed by atoms with Crippen LogP contribution in [-0.4, -0.2) is 44.1 Å². The fourth-order valence-corrected chi connectivity index (χ4v) is 1.11. The van der Waals surface area contributed by atoms with Gasteiger partial charge >= 0.3 is 0 Å². The van der Waals surface area contributed by atoms with Gasteiger partial charge in [0.05, 0.1) is 0 Å². The van der Waals surface area contributed by atoms with Crippen LogP contribution in [0.1, 0.15) is 0 Å². The molecule has 4 nitrogen and oxygen atoms in total. The van der Waals surface area contributed by atoms with Crippen LogP contribution in [0.25, 0.3) is 0 Å². The van der Waals surface area contributed by atoms with Crippen LogP contribution in [0.3, 0.4) is 0 Å². The number of rotatable bonds is 4. The smallest absolute Gasteiger partial charge is 0.130 e. The van der Waals surface area contributed by atoms with Gasteiger partial charge in [-0.2, -0.15) is 0 Å². The first-order valence-corrected chi connectivity index (χ1v) is 4.67. The van der Waals surface area contributed by atoms with Crippen LogP contribution in [0, 0.1) is 0 Å². The molecule has 0 bridgehead atoms. The van der Waals surface area contributed by atoms with Crippen molar-refractivity contribution < 1.29 is 0 Å². The Morgan fingerprint density at radius 1 is 1.29 bits per heavy atom. The third kappa shape index (κ3) is 3.22. The van der Waals surface area contributed by atoms with E-state index in [9.17, 15) is 0 Å².